The fourth-order valence-electron chi connectivity index (χ4n) is 5.85. The van der Waals surface area contributed by atoms with Crippen molar-refractivity contribution >= 4 is 17.7 Å². The number of halogens is 4. The van der Waals surface area contributed by atoms with E-state index in [4.69, 9.17) is 4.74 Å². The van der Waals surface area contributed by atoms with Gasteiger partial charge in [0.15, 0.2) is 11.5 Å². The first-order valence-corrected chi connectivity index (χ1v) is 14.8. The van der Waals surface area contributed by atoms with Crippen LogP contribution in [0.25, 0.3) is 0 Å². The van der Waals surface area contributed by atoms with Gasteiger partial charge in [-0.3, -0.25) is 14.4 Å². The van der Waals surface area contributed by atoms with Crippen molar-refractivity contribution in [2.45, 2.75) is 82.5 Å². The van der Waals surface area contributed by atoms with E-state index in [1.165, 1.54) is 35.9 Å². The summed E-state index contributed by atoms with van der Waals surface area (Å²) in [5.74, 6) is -3.70. The van der Waals surface area contributed by atoms with Crippen LogP contribution in [0.2, 0.25) is 0 Å². The maximum absolute atomic E-state index is 13.7. The predicted octanol–water partition coefficient (Wildman–Crippen LogP) is 4.75. The summed E-state index contributed by atoms with van der Waals surface area (Å²) in [5.41, 5.74) is 1.21. The third-order valence-corrected chi connectivity index (χ3v) is 8.55. The highest BCUT2D eigenvalue weighted by atomic mass is 19.3. The maximum Gasteiger partial charge on any atom is 0.387 e. The molecule has 13 heteroatoms. The van der Waals surface area contributed by atoms with Gasteiger partial charge in [0.25, 0.3) is 5.91 Å². The molecule has 0 radical (unpaired) electrons. The highest BCUT2D eigenvalue weighted by molar-refractivity contribution is 5.92. The summed E-state index contributed by atoms with van der Waals surface area (Å²) in [5, 5.41) is 2.79. The number of nitrogens with zero attached hydrogens (tertiary/aromatic N) is 3. The molecule has 0 spiro atoms. The molecule has 2 aliphatic carbocycles. The quantitative estimate of drug-likeness (QED) is 0.364. The zero-order valence-corrected chi connectivity index (χ0v) is 24.6. The van der Waals surface area contributed by atoms with Crippen molar-refractivity contribution in [1.29, 1.82) is 0 Å². The minimum Gasteiger partial charge on any atom is -0.489 e. The fourth-order valence-corrected chi connectivity index (χ4v) is 5.85. The molecule has 1 aromatic heterocycles. The Hall–Kier alpha value is -3.90. The highest BCUT2D eigenvalue weighted by Crippen LogP contribution is 2.39. The second-order valence-electron chi connectivity index (χ2n) is 11.9. The van der Waals surface area contributed by atoms with Crippen LogP contribution in [0.1, 0.15) is 73.1 Å². The number of nitrogens with one attached hydrogen (secondary N) is 1. The van der Waals surface area contributed by atoms with Crippen LogP contribution in [0, 0.1) is 5.92 Å². The number of benzene rings is 1. The van der Waals surface area contributed by atoms with Gasteiger partial charge in [0.2, 0.25) is 17.7 Å². The van der Waals surface area contributed by atoms with Crippen LogP contribution in [-0.4, -0.2) is 77.3 Å². The van der Waals surface area contributed by atoms with Crippen molar-refractivity contribution in [3.63, 3.8) is 0 Å². The van der Waals surface area contributed by atoms with E-state index >= 15 is 0 Å². The van der Waals surface area contributed by atoms with Crippen LogP contribution in [0.4, 0.5) is 17.6 Å². The van der Waals surface area contributed by atoms with Crippen molar-refractivity contribution < 1.29 is 41.4 Å². The van der Waals surface area contributed by atoms with Crippen molar-refractivity contribution in [3.8, 4) is 11.5 Å². The third-order valence-electron chi connectivity index (χ3n) is 8.55. The molecule has 3 fully saturated rings. The molecule has 1 N–H and O–H groups in total. The van der Waals surface area contributed by atoms with Crippen LogP contribution >= 0.6 is 0 Å². The van der Waals surface area contributed by atoms with Crippen molar-refractivity contribution in [2.75, 3.05) is 20.2 Å². The largest absolute Gasteiger partial charge is 0.489 e. The maximum atomic E-state index is 13.7. The Morgan fingerprint density at radius 3 is 2.57 bits per heavy atom. The monoisotopic (exact) mass is 620 g/mol. The average Bonchev–Trinajstić information content (AvgIpc) is 3.58. The number of amides is 3. The molecule has 2 heterocycles. The molecule has 1 saturated heterocycles. The third kappa shape index (κ3) is 7.59. The summed E-state index contributed by atoms with van der Waals surface area (Å²) in [6, 6.07) is 8.07. The zero-order chi connectivity index (χ0) is 31.6. The Morgan fingerprint density at radius 2 is 1.91 bits per heavy atom. The molecule has 5 rings (SSSR count). The molecule has 2 saturated carbocycles. The molecule has 2 unspecified atom stereocenters. The topological polar surface area (TPSA) is 101 Å². The standard InChI is InChI=1S/C31H36F4N4O5/c1-18(40)39-16-21(20-8-9-26(44-30(32)33)27(13-20)43-17-19-6-7-19)12-25(39)28(41)36-15-22-4-3-5-24(37-22)29(42)38(2)23-10-11-31(34,35)14-23/h3-5,8-9,13,19,21,23,25,30H,6-7,10-12,14-17H2,1-2H3,(H,36,41)/t21?,23?,25-/m1/s1. The van der Waals surface area contributed by atoms with E-state index < -0.39 is 36.4 Å². The number of alkyl halides is 4. The Bertz CT molecular complexity index is 1390. The molecule has 0 bridgehead atoms. The number of aromatic nitrogens is 1. The lowest BCUT2D eigenvalue weighted by Gasteiger charge is -2.24. The van der Waals surface area contributed by atoms with Crippen LogP contribution in [0.3, 0.4) is 0 Å². The smallest absolute Gasteiger partial charge is 0.387 e. The first-order valence-electron chi connectivity index (χ1n) is 14.8. The summed E-state index contributed by atoms with van der Waals surface area (Å²) >= 11 is 0. The summed E-state index contributed by atoms with van der Waals surface area (Å²) in [4.78, 5) is 45.8. The van der Waals surface area contributed by atoms with E-state index in [-0.39, 0.29) is 61.4 Å². The van der Waals surface area contributed by atoms with E-state index in [9.17, 15) is 31.9 Å². The van der Waals surface area contributed by atoms with Crippen LogP contribution < -0.4 is 14.8 Å². The number of hydrogen-bond donors (Lipinski definition) is 1. The number of pyridine rings is 1. The Morgan fingerprint density at radius 1 is 1.14 bits per heavy atom. The normalized spacial score (nSPS) is 22.6. The van der Waals surface area contributed by atoms with Gasteiger partial charge in [-0.15, -0.1) is 0 Å². The number of carbonyl (C=O) groups excluding carboxylic acids is 3. The molecule has 3 aliphatic rings. The molecule has 1 aliphatic heterocycles. The molecular weight excluding hydrogens is 584 g/mol. The minimum absolute atomic E-state index is 0.0170. The molecular formula is C31H36F4N4O5. The number of rotatable bonds is 11. The first-order chi connectivity index (χ1) is 20.9. The summed E-state index contributed by atoms with van der Waals surface area (Å²) in [6.07, 6.45) is 1.90. The van der Waals surface area contributed by atoms with Gasteiger partial charge in [-0.25, -0.2) is 13.8 Å². The number of likely N-dealkylation sites (tertiary alicyclic amines) is 1. The zero-order valence-electron chi connectivity index (χ0n) is 24.6. The number of carbonyl (C=O) groups is 3. The lowest BCUT2D eigenvalue weighted by atomic mass is 9.95. The molecule has 1 aromatic carbocycles. The van der Waals surface area contributed by atoms with Crippen LogP contribution in [-0.2, 0) is 16.1 Å². The van der Waals surface area contributed by atoms with Gasteiger partial charge in [0.1, 0.15) is 11.7 Å². The van der Waals surface area contributed by atoms with Gasteiger partial charge in [0, 0.05) is 45.3 Å². The SMILES string of the molecule is CC(=O)N1CC(c2ccc(OC(F)F)c(OCC3CC3)c2)C[C@@H]1C(=O)NCc1cccc(C(=O)N(C)C2CCC(F)(F)C2)n1. The second-order valence-corrected chi connectivity index (χ2v) is 11.9. The van der Waals surface area contributed by atoms with Gasteiger partial charge in [-0.1, -0.05) is 12.1 Å². The lowest BCUT2D eigenvalue weighted by Crippen LogP contribution is -2.45. The molecule has 3 atom stereocenters. The van der Waals surface area contributed by atoms with Crippen molar-refractivity contribution in [3.05, 3.63) is 53.3 Å². The van der Waals surface area contributed by atoms with E-state index in [0.29, 0.717) is 24.6 Å². The van der Waals surface area contributed by atoms with Gasteiger partial charge in [0.05, 0.1) is 18.8 Å². The number of ether oxygens (including phenoxy) is 2. The van der Waals surface area contributed by atoms with E-state index in [0.717, 1.165) is 18.4 Å². The first kappa shape index (κ1) is 31.5. The fraction of sp³-hybridized carbons (Fsp3) is 0.548. The predicted molar refractivity (Wildman–Crippen MR) is 151 cm³/mol. The van der Waals surface area contributed by atoms with Crippen LogP contribution in [0.15, 0.2) is 36.4 Å². The molecule has 2 aromatic rings. The van der Waals surface area contributed by atoms with E-state index in [2.05, 4.69) is 15.0 Å². The molecule has 44 heavy (non-hydrogen) atoms. The van der Waals surface area contributed by atoms with E-state index in [1.54, 1.807) is 24.3 Å². The minimum atomic E-state index is -3.01. The summed E-state index contributed by atoms with van der Waals surface area (Å²) in [6.45, 7) is -1.01. The van der Waals surface area contributed by atoms with Crippen molar-refractivity contribution in [1.82, 2.24) is 20.1 Å². The molecule has 238 valence electrons. The van der Waals surface area contributed by atoms with Crippen LogP contribution in [0.5, 0.6) is 11.5 Å². The Labute approximate surface area is 252 Å². The van der Waals surface area contributed by atoms with Gasteiger partial charge in [-0.05, 0) is 61.4 Å². The van der Waals surface area contributed by atoms with Crippen molar-refractivity contribution in [2.24, 2.45) is 5.92 Å². The summed E-state index contributed by atoms with van der Waals surface area (Å²) in [7, 11) is 1.49. The second kappa shape index (κ2) is 13.0. The average molecular weight is 621 g/mol. The van der Waals surface area contributed by atoms with E-state index in [1.807, 2.05) is 0 Å². The van der Waals surface area contributed by atoms with Gasteiger partial charge in [-0.2, -0.15) is 8.78 Å². The van der Waals surface area contributed by atoms with Gasteiger partial charge >= 0.3 is 6.61 Å². The Kier molecular flexibility index (Phi) is 9.31. The molecule has 3 amide bonds. The Balaban J connectivity index is 1.23. The number of hydrogen-bond acceptors (Lipinski definition) is 6. The summed E-state index contributed by atoms with van der Waals surface area (Å²) < 4.78 is 63.7. The van der Waals surface area contributed by atoms with Gasteiger partial charge < -0.3 is 24.6 Å². The lowest BCUT2D eigenvalue weighted by molar-refractivity contribution is -0.136. The molecule has 9 nitrogen and oxygen atoms in total. The highest BCUT2D eigenvalue weighted by Gasteiger charge is 2.42.